The smallest absolute Gasteiger partial charge is 0.330 e. The number of carbonyl (C=O) groups is 2. The van der Waals surface area contributed by atoms with Gasteiger partial charge in [0.15, 0.2) is 0 Å². The van der Waals surface area contributed by atoms with Gasteiger partial charge in [0.25, 0.3) is 0 Å². The van der Waals surface area contributed by atoms with Crippen molar-refractivity contribution in [3.8, 4) is 11.5 Å². The van der Waals surface area contributed by atoms with Crippen LogP contribution in [0.2, 0.25) is 0 Å². The summed E-state index contributed by atoms with van der Waals surface area (Å²) < 4.78 is 39.5. The minimum atomic E-state index is -4.32. The Morgan fingerprint density at radius 2 is 1.53 bits per heavy atom. The number of anilines is 2. The van der Waals surface area contributed by atoms with Crippen LogP contribution in [0.3, 0.4) is 0 Å². The Balaban J connectivity index is 1.76. The molecule has 0 aliphatic heterocycles. The third-order valence-electron chi connectivity index (χ3n) is 5.25. The van der Waals surface area contributed by atoms with Crippen molar-refractivity contribution in [2.45, 2.75) is 12.5 Å². The van der Waals surface area contributed by atoms with Crippen LogP contribution in [-0.2, 0) is 21.4 Å². The van der Waals surface area contributed by atoms with Crippen LogP contribution in [0, 0.1) is 0 Å². The second-order valence-electron chi connectivity index (χ2n) is 7.72. The number of benzene rings is 3. The molecule has 190 valence electrons. The first-order valence-electron chi connectivity index (χ1n) is 10.9. The van der Waals surface area contributed by atoms with Gasteiger partial charge in [0, 0.05) is 19.2 Å². The van der Waals surface area contributed by atoms with Crippen LogP contribution >= 0.6 is 0 Å². The van der Waals surface area contributed by atoms with Gasteiger partial charge >= 0.3 is 16.2 Å². The van der Waals surface area contributed by atoms with Crippen molar-refractivity contribution in [2.75, 3.05) is 30.9 Å². The maximum Gasteiger partial charge on any atom is 0.330 e. The molecule has 0 aromatic heterocycles. The predicted octanol–water partition coefficient (Wildman–Crippen LogP) is 2.93. The van der Waals surface area contributed by atoms with E-state index in [0.29, 0.717) is 11.4 Å². The molecule has 3 N–H and O–H groups in total. The van der Waals surface area contributed by atoms with E-state index in [1.54, 1.807) is 56.6 Å². The van der Waals surface area contributed by atoms with Crippen LogP contribution < -0.4 is 29.1 Å². The monoisotopic (exact) mass is 512 g/mol. The minimum absolute atomic E-state index is 0.146. The van der Waals surface area contributed by atoms with Crippen molar-refractivity contribution in [2.24, 2.45) is 0 Å². The van der Waals surface area contributed by atoms with Gasteiger partial charge in [-0.05, 0) is 42.0 Å². The number of hydrogen-bond donors (Lipinski definition) is 3. The molecule has 0 aliphatic carbocycles. The van der Waals surface area contributed by atoms with Gasteiger partial charge in [0.05, 0.1) is 19.9 Å². The number of rotatable bonds is 10. The normalized spacial score (nSPS) is 11.6. The molecular formula is C25H28N4O6S. The second kappa shape index (κ2) is 11.9. The van der Waals surface area contributed by atoms with Crippen LogP contribution in [0.4, 0.5) is 16.2 Å². The Hall–Kier alpha value is -4.25. The summed E-state index contributed by atoms with van der Waals surface area (Å²) in [6, 6.07) is 20.1. The molecule has 3 rings (SSSR count). The molecule has 0 saturated heterocycles. The molecule has 3 amide bonds. The summed E-state index contributed by atoms with van der Waals surface area (Å²) >= 11 is 0. The highest BCUT2D eigenvalue weighted by atomic mass is 32.2. The number of hydrogen-bond acceptors (Lipinski definition) is 6. The van der Waals surface area contributed by atoms with Gasteiger partial charge in [-0.25, -0.2) is 9.52 Å². The van der Waals surface area contributed by atoms with Crippen molar-refractivity contribution in [1.29, 1.82) is 0 Å². The second-order valence-corrected chi connectivity index (χ2v) is 9.13. The summed E-state index contributed by atoms with van der Waals surface area (Å²) in [7, 11) is 0.186. The molecule has 0 aliphatic rings. The van der Waals surface area contributed by atoms with E-state index in [0.717, 1.165) is 5.56 Å². The number of nitrogens with one attached hydrogen (secondary N) is 3. The lowest BCUT2D eigenvalue weighted by atomic mass is 10.0. The van der Waals surface area contributed by atoms with Crippen molar-refractivity contribution in [3.63, 3.8) is 0 Å². The molecule has 10 nitrogen and oxygen atoms in total. The number of likely N-dealkylation sites (N-methyl/N-ethyl adjacent to an activating group) is 1. The van der Waals surface area contributed by atoms with Gasteiger partial charge in [-0.1, -0.05) is 42.5 Å². The largest absolute Gasteiger partial charge is 0.497 e. The Bertz CT molecular complexity index is 1280. The fourth-order valence-electron chi connectivity index (χ4n) is 3.43. The van der Waals surface area contributed by atoms with Crippen LogP contribution in [0.1, 0.15) is 5.56 Å². The lowest BCUT2D eigenvalue weighted by Crippen LogP contribution is -2.53. The Kier molecular flexibility index (Phi) is 8.74. The number of amides is 3. The zero-order valence-corrected chi connectivity index (χ0v) is 20.9. The van der Waals surface area contributed by atoms with Crippen molar-refractivity contribution in [1.82, 2.24) is 10.0 Å². The van der Waals surface area contributed by atoms with E-state index in [1.165, 1.54) is 18.1 Å². The Morgan fingerprint density at radius 3 is 2.17 bits per heavy atom. The number of para-hydroxylation sites is 2. The number of ether oxygens (including phenoxy) is 2. The van der Waals surface area contributed by atoms with Gasteiger partial charge in [-0.3, -0.25) is 9.52 Å². The van der Waals surface area contributed by atoms with Gasteiger partial charge in [-0.15, -0.1) is 0 Å². The van der Waals surface area contributed by atoms with E-state index in [-0.39, 0.29) is 17.9 Å². The van der Waals surface area contributed by atoms with Crippen molar-refractivity contribution in [3.05, 3.63) is 84.4 Å². The van der Waals surface area contributed by atoms with E-state index in [1.807, 2.05) is 35.1 Å². The lowest BCUT2D eigenvalue weighted by molar-refractivity contribution is -0.120. The summed E-state index contributed by atoms with van der Waals surface area (Å²) in [5.41, 5.74) is 1.51. The first-order valence-corrected chi connectivity index (χ1v) is 12.4. The van der Waals surface area contributed by atoms with Crippen LogP contribution in [0.25, 0.3) is 0 Å². The van der Waals surface area contributed by atoms with Gasteiger partial charge in [0.2, 0.25) is 5.91 Å². The average Bonchev–Trinajstić information content (AvgIpc) is 2.87. The fourth-order valence-corrected chi connectivity index (χ4v) is 4.24. The molecule has 0 spiro atoms. The van der Waals surface area contributed by atoms with Crippen molar-refractivity contribution >= 4 is 33.5 Å². The minimum Gasteiger partial charge on any atom is -0.497 e. The standard InChI is InChI=1S/C25H28N4O6S/c1-29(19-13-15-20(34-2)16-14-19)24(30)22(17-18-9-5-4-6-10-18)26-25(31)28-36(32,33)27-21-11-7-8-12-23(21)35-3/h4-16,22,27H,17H2,1-3H3,(H2,26,28,31)/t22-/m0/s1. The molecular weight excluding hydrogens is 484 g/mol. The fraction of sp³-hybridized carbons (Fsp3) is 0.200. The first-order chi connectivity index (χ1) is 17.2. The summed E-state index contributed by atoms with van der Waals surface area (Å²) in [6.07, 6.45) is 0.146. The van der Waals surface area contributed by atoms with E-state index >= 15 is 0 Å². The number of methoxy groups -OCH3 is 2. The molecule has 3 aromatic carbocycles. The van der Waals surface area contributed by atoms with Crippen LogP contribution in [-0.4, -0.2) is 47.7 Å². The lowest BCUT2D eigenvalue weighted by Gasteiger charge is -2.25. The first kappa shape index (κ1) is 26.4. The highest BCUT2D eigenvalue weighted by Gasteiger charge is 2.27. The Morgan fingerprint density at radius 1 is 0.889 bits per heavy atom. The molecule has 0 fully saturated rings. The van der Waals surface area contributed by atoms with Crippen molar-refractivity contribution < 1.29 is 27.5 Å². The highest BCUT2D eigenvalue weighted by molar-refractivity contribution is 7.91. The van der Waals surface area contributed by atoms with E-state index in [9.17, 15) is 18.0 Å². The van der Waals surface area contributed by atoms with Crippen LogP contribution in [0.15, 0.2) is 78.9 Å². The highest BCUT2D eigenvalue weighted by Crippen LogP contribution is 2.24. The van der Waals surface area contributed by atoms with E-state index in [2.05, 4.69) is 10.0 Å². The molecule has 0 saturated carbocycles. The average molecular weight is 513 g/mol. The molecule has 3 aromatic rings. The molecule has 0 radical (unpaired) electrons. The third-order valence-corrected chi connectivity index (χ3v) is 6.20. The summed E-state index contributed by atoms with van der Waals surface area (Å²) in [6.45, 7) is 0. The van der Waals surface area contributed by atoms with Gasteiger partial charge in [0.1, 0.15) is 17.5 Å². The summed E-state index contributed by atoms with van der Waals surface area (Å²) in [5, 5.41) is 2.49. The quantitative estimate of drug-likeness (QED) is 0.384. The zero-order chi connectivity index (χ0) is 26.1. The SMILES string of the molecule is COc1ccc(N(C)C(=O)[C@H](Cc2ccccc2)NC(=O)NS(=O)(=O)Nc2ccccc2OC)cc1. The number of nitrogens with zero attached hydrogens (tertiary/aromatic N) is 1. The predicted molar refractivity (Wildman–Crippen MR) is 138 cm³/mol. The maximum absolute atomic E-state index is 13.3. The molecule has 11 heteroatoms. The molecule has 0 bridgehead atoms. The maximum atomic E-state index is 13.3. The Labute approximate surface area is 210 Å². The summed E-state index contributed by atoms with van der Waals surface area (Å²) in [5.74, 6) is 0.474. The number of urea groups is 1. The molecule has 0 heterocycles. The zero-order valence-electron chi connectivity index (χ0n) is 20.1. The molecule has 0 unspecified atom stereocenters. The number of carbonyl (C=O) groups excluding carboxylic acids is 2. The summed E-state index contributed by atoms with van der Waals surface area (Å²) in [4.78, 5) is 27.4. The van der Waals surface area contributed by atoms with E-state index in [4.69, 9.17) is 9.47 Å². The molecule has 36 heavy (non-hydrogen) atoms. The van der Waals surface area contributed by atoms with Gasteiger partial charge in [-0.2, -0.15) is 8.42 Å². The van der Waals surface area contributed by atoms with E-state index < -0.39 is 28.2 Å². The topological polar surface area (TPSA) is 126 Å². The van der Waals surface area contributed by atoms with Crippen LogP contribution in [0.5, 0.6) is 11.5 Å². The molecule has 1 atom stereocenters. The third kappa shape index (κ3) is 7.12. The van der Waals surface area contributed by atoms with Gasteiger partial charge < -0.3 is 19.7 Å².